The highest BCUT2D eigenvalue weighted by molar-refractivity contribution is 7.98. The van der Waals surface area contributed by atoms with Gasteiger partial charge in [-0.2, -0.15) is 0 Å². The molecule has 0 radical (unpaired) electrons. The number of nitrogens with zero attached hydrogens (tertiary/aromatic N) is 2. The van der Waals surface area contributed by atoms with Crippen molar-refractivity contribution in [2.24, 2.45) is 0 Å². The summed E-state index contributed by atoms with van der Waals surface area (Å²) in [6, 6.07) is 15.8. The van der Waals surface area contributed by atoms with Crippen molar-refractivity contribution in [1.29, 1.82) is 0 Å². The molecule has 2 aromatic heterocycles. The number of hydrogen-bond acceptors (Lipinski definition) is 4. The highest BCUT2D eigenvalue weighted by Gasteiger charge is 2.15. The predicted molar refractivity (Wildman–Crippen MR) is 122 cm³/mol. The molecule has 2 aromatic carbocycles. The molecule has 0 fully saturated rings. The second-order valence-corrected chi connectivity index (χ2v) is 8.34. The average molecular weight is 420 g/mol. The number of amides is 1. The molecule has 0 aliphatic rings. The Balaban J connectivity index is 1.52. The minimum Gasteiger partial charge on any atom is -0.361 e. The fourth-order valence-corrected chi connectivity index (χ4v) is 4.75. The van der Waals surface area contributed by atoms with Crippen LogP contribution in [-0.4, -0.2) is 15.6 Å². The lowest BCUT2D eigenvalue weighted by atomic mass is 10.2. The van der Waals surface area contributed by atoms with Crippen molar-refractivity contribution in [3.05, 3.63) is 77.3 Å². The van der Waals surface area contributed by atoms with E-state index < -0.39 is 0 Å². The van der Waals surface area contributed by atoms with Crippen molar-refractivity contribution in [1.82, 2.24) is 9.72 Å². The van der Waals surface area contributed by atoms with Gasteiger partial charge in [-0.15, -0.1) is 11.8 Å². The summed E-state index contributed by atoms with van der Waals surface area (Å²) in [5.41, 5.74) is 4.62. The monoisotopic (exact) mass is 419 g/mol. The van der Waals surface area contributed by atoms with Gasteiger partial charge in [-0.3, -0.25) is 4.79 Å². The molecule has 0 atom stereocenters. The minimum absolute atomic E-state index is 0.107. The molecule has 30 heavy (non-hydrogen) atoms. The van der Waals surface area contributed by atoms with Gasteiger partial charge in [0.15, 0.2) is 0 Å². The van der Waals surface area contributed by atoms with Gasteiger partial charge in [0.25, 0.3) is 5.91 Å². The lowest BCUT2D eigenvalue weighted by molar-refractivity contribution is 0.102. The van der Waals surface area contributed by atoms with Crippen molar-refractivity contribution in [3.8, 4) is 0 Å². The maximum Gasteiger partial charge on any atom is 0.256 e. The zero-order valence-electron chi connectivity index (χ0n) is 17.4. The SMILES string of the molecule is CCCn1ccc2cc(NC(=O)c3ccccc3SCc3c(C)noc3C)ccc21. The normalized spacial score (nSPS) is 11.2. The Morgan fingerprint density at radius 1 is 1.17 bits per heavy atom. The van der Waals surface area contributed by atoms with Gasteiger partial charge in [-0.05, 0) is 56.7 Å². The molecule has 5 nitrogen and oxygen atoms in total. The number of aromatic nitrogens is 2. The predicted octanol–water partition coefficient (Wildman–Crippen LogP) is 6.20. The molecule has 0 aliphatic heterocycles. The number of benzene rings is 2. The van der Waals surface area contributed by atoms with Crippen LogP contribution in [0.25, 0.3) is 10.9 Å². The van der Waals surface area contributed by atoms with E-state index in [1.165, 1.54) is 5.52 Å². The van der Waals surface area contributed by atoms with E-state index in [-0.39, 0.29) is 5.91 Å². The highest BCUT2D eigenvalue weighted by Crippen LogP contribution is 2.29. The molecular formula is C24H25N3O2S. The first kappa shape index (κ1) is 20.3. The molecular weight excluding hydrogens is 394 g/mol. The van der Waals surface area contributed by atoms with Crippen molar-refractivity contribution < 1.29 is 9.32 Å². The van der Waals surface area contributed by atoms with Crippen LogP contribution in [0.4, 0.5) is 5.69 Å². The molecule has 0 saturated carbocycles. The van der Waals surface area contributed by atoms with Gasteiger partial charge < -0.3 is 14.4 Å². The number of fused-ring (bicyclic) bond motifs is 1. The number of nitrogens with one attached hydrogen (secondary N) is 1. The Kier molecular flexibility index (Phi) is 5.95. The first-order valence-electron chi connectivity index (χ1n) is 10.1. The molecule has 0 spiro atoms. The Hall–Kier alpha value is -2.99. The van der Waals surface area contributed by atoms with E-state index in [0.29, 0.717) is 11.3 Å². The first-order valence-corrected chi connectivity index (χ1v) is 11.1. The van der Waals surface area contributed by atoms with E-state index in [9.17, 15) is 4.79 Å². The third-order valence-electron chi connectivity index (χ3n) is 5.18. The summed E-state index contributed by atoms with van der Waals surface area (Å²) in [5.74, 6) is 1.43. The summed E-state index contributed by atoms with van der Waals surface area (Å²) in [4.78, 5) is 13.9. The second-order valence-electron chi connectivity index (χ2n) is 7.32. The van der Waals surface area contributed by atoms with Crippen molar-refractivity contribution in [2.75, 3.05) is 5.32 Å². The molecule has 4 aromatic rings. The highest BCUT2D eigenvalue weighted by atomic mass is 32.2. The number of hydrogen-bond donors (Lipinski definition) is 1. The number of carbonyl (C=O) groups excluding carboxylic acids is 1. The average Bonchev–Trinajstić information content (AvgIpc) is 3.29. The van der Waals surface area contributed by atoms with Crippen LogP contribution in [0.5, 0.6) is 0 Å². The van der Waals surface area contributed by atoms with Crippen LogP contribution < -0.4 is 5.32 Å². The third-order valence-corrected chi connectivity index (χ3v) is 6.28. The van der Waals surface area contributed by atoms with Crippen LogP contribution in [0.2, 0.25) is 0 Å². The third kappa shape index (κ3) is 4.14. The maximum atomic E-state index is 13.0. The molecule has 0 bridgehead atoms. The van der Waals surface area contributed by atoms with E-state index in [1.54, 1.807) is 11.8 Å². The molecule has 0 unspecified atom stereocenters. The van der Waals surface area contributed by atoms with Crippen LogP contribution in [0, 0.1) is 13.8 Å². The molecule has 1 N–H and O–H groups in total. The molecule has 154 valence electrons. The Labute approximate surface area is 180 Å². The molecule has 1 amide bonds. The largest absolute Gasteiger partial charge is 0.361 e. The van der Waals surface area contributed by atoms with Crippen LogP contribution in [0.15, 0.2) is 64.1 Å². The second kappa shape index (κ2) is 8.79. The number of anilines is 1. The van der Waals surface area contributed by atoms with Crippen LogP contribution >= 0.6 is 11.8 Å². The number of rotatable bonds is 7. The molecule has 6 heteroatoms. The topological polar surface area (TPSA) is 60.1 Å². The first-order chi connectivity index (χ1) is 14.6. The van der Waals surface area contributed by atoms with Crippen LogP contribution in [0.1, 0.15) is 40.7 Å². The summed E-state index contributed by atoms with van der Waals surface area (Å²) in [6.45, 7) is 7.01. The van der Waals surface area contributed by atoms with Gasteiger partial charge in [-0.1, -0.05) is 24.2 Å². The van der Waals surface area contributed by atoms with Gasteiger partial charge in [0, 0.05) is 45.5 Å². The standard InChI is InChI=1S/C24H25N3O2S/c1-4-12-27-13-11-18-14-19(9-10-22(18)27)25-24(28)20-7-5-6-8-23(20)30-15-21-16(2)26-29-17(21)3/h5-11,13-14H,4,12,15H2,1-3H3,(H,25,28). The molecule has 0 saturated heterocycles. The van der Waals surface area contributed by atoms with Gasteiger partial charge in [0.2, 0.25) is 0 Å². The Bertz CT molecular complexity index is 1170. The van der Waals surface area contributed by atoms with Crippen LogP contribution in [0.3, 0.4) is 0 Å². The van der Waals surface area contributed by atoms with E-state index in [4.69, 9.17) is 4.52 Å². The molecule has 4 rings (SSSR count). The van der Waals surface area contributed by atoms with E-state index in [0.717, 1.165) is 46.0 Å². The Morgan fingerprint density at radius 2 is 2.00 bits per heavy atom. The summed E-state index contributed by atoms with van der Waals surface area (Å²) in [5, 5.41) is 8.19. The Morgan fingerprint density at radius 3 is 2.77 bits per heavy atom. The number of thioether (sulfide) groups is 1. The summed E-state index contributed by atoms with van der Waals surface area (Å²) in [7, 11) is 0. The smallest absolute Gasteiger partial charge is 0.256 e. The summed E-state index contributed by atoms with van der Waals surface area (Å²) >= 11 is 1.62. The van der Waals surface area contributed by atoms with E-state index in [1.807, 2.05) is 50.2 Å². The quantitative estimate of drug-likeness (QED) is 0.362. The van der Waals surface area contributed by atoms with Gasteiger partial charge in [-0.25, -0.2) is 0 Å². The number of carbonyl (C=O) groups is 1. The van der Waals surface area contributed by atoms with Crippen molar-refractivity contribution in [2.45, 2.75) is 44.4 Å². The minimum atomic E-state index is -0.107. The van der Waals surface area contributed by atoms with Gasteiger partial charge >= 0.3 is 0 Å². The molecule has 0 aliphatic carbocycles. The van der Waals surface area contributed by atoms with Crippen LogP contribution in [-0.2, 0) is 12.3 Å². The maximum absolute atomic E-state index is 13.0. The zero-order chi connectivity index (χ0) is 21.1. The van der Waals surface area contributed by atoms with Crippen molar-refractivity contribution >= 4 is 34.3 Å². The molecule has 2 heterocycles. The summed E-state index contributed by atoms with van der Waals surface area (Å²) < 4.78 is 7.49. The van der Waals surface area contributed by atoms with Crippen molar-refractivity contribution in [3.63, 3.8) is 0 Å². The van der Waals surface area contributed by atoms with E-state index >= 15 is 0 Å². The lowest BCUT2D eigenvalue weighted by Gasteiger charge is -2.11. The fraction of sp³-hybridized carbons (Fsp3) is 0.250. The lowest BCUT2D eigenvalue weighted by Crippen LogP contribution is -2.13. The zero-order valence-corrected chi connectivity index (χ0v) is 18.3. The summed E-state index contributed by atoms with van der Waals surface area (Å²) in [6.07, 6.45) is 3.19. The van der Waals surface area contributed by atoms with E-state index in [2.05, 4.69) is 40.3 Å². The fourth-order valence-electron chi connectivity index (χ4n) is 3.55. The number of aryl methyl sites for hydroxylation is 3. The van der Waals surface area contributed by atoms with Gasteiger partial charge in [0.05, 0.1) is 11.3 Å². The van der Waals surface area contributed by atoms with Gasteiger partial charge in [0.1, 0.15) is 5.76 Å².